The molecule has 2 nitrogen and oxygen atoms in total. The molecule has 1 aliphatic rings. The molecule has 3 heteroatoms. The first-order valence-electron chi connectivity index (χ1n) is 10.2. The maximum absolute atomic E-state index is 13.0. The van der Waals surface area contributed by atoms with Crippen molar-refractivity contribution in [1.82, 2.24) is 4.98 Å². The van der Waals surface area contributed by atoms with Crippen LogP contribution in [0.1, 0.15) is 61.9 Å². The molecular formula is C24H27NOS. The number of hydrogen-bond acceptors (Lipinski definition) is 3. The Hall–Kier alpha value is -2.00. The largest absolute Gasteiger partial charge is 0.294 e. The second-order valence-corrected chi connectivity index (χ2v) is 8.67. The van der Waals surface area contributed by atoms with E-state index in [0.29, 0.717) is 5.78 Å². The van der Waals surface area contributed by atoms with Crippen LogP contribution in [0.25, 0.3) is 21.5 Å². The standard InChI is InChI=1S/C24H27NOS/c1-3-16-7-9-18(10-8-16)24(26)19-11-12-21-20(15-19)14-17(4-2)23(25-21)22-6-5-13-27-22/h5-6,11-16,18H,3-4,7-10H2,1-2H3. The van der Waals surface area contributed by atoms with Crippen LogP contribution in [-0.4, -0.2) is 10.8 Å². The Balaban J connectivity index is 1.64. The quantitative estimate of drug-likeness (QED) is 0.451. The fraction of sp³-hybridized carbons (Fsp3) is 0.417. The van der Waals surface area contributed by atoms with Gasteiger partial charge in [-0.05, 0) is 79.3 Å². The molecule has 2 aromatic heterocycles. The van der Waals surface area contributed by atoms with E-state index in [0.717, 1.165) is 47.3 Å². The van der Waals surface area contributed by atoms with E-state index in [-0.39, 0.29) is 5.92 Å². The molecule has 0 radical (unpaired) electrons. The van der Waals surface area contributed by atoms with E-state index in [1.165, 1.54) is 29.7 Å². The van der Waals surface area contributed by atoms with Gasteiger partial charge in [0.1, 0.15) is 0 Å². The molecule has 0 bridgehead atoms. The van der Waals surface area contributed by atoms with Crippen LogP contribution in [0.15, 0.2) is 41.8 Å². The van der Waals surface area contributed by atoms with Crippen molar-refractivity contribution in [2.75, 3.05) is 0 Å². The fourth-order valence-corrected chi connectivity index (χ4v) is 5.09. The molecule has 0 spiro atoms. The van der Waals surface area contributed by atoms with Gasteiger partial charge in [0.05, 0.1) is 16.1 Å². The molecule has 0 amide bonds. The smallest absolute Gasteiger partial charge is 0.165 e. The average molecular weight is 378 g/mol. The molecule has 1 aromatic carbocycles. The van der Waals surface area contributed by atoms with E-state index >= 15 is 0 Å². The molecule has 0 aliphatic heterocycles. The van der Waals surface area contributed by atoms with Crippen LogP contribution < -0.4 is 0 Å². The van der Waals surface area contributed by atoms with Crippen LogP contribution in [0.2, 0.25) is 0 Å². The first-order valence-corrected chi connectivity index (χ1v) is 11.1. The predicted molar refractivity (Wildman–Crippen MR) is 115 cm³/mol. The lowest BCUT2D eigenvalue weighted by Gasteiger charge is -2.26. The van der Waals surface area contributed by atoms with Gasteiger partial charge in [-0.3, -0.25) is 4.79 Å². The highest BCUT2D eigenvalue weighted by molar-refractivity contribution is 7.13. The highest BCUT2D eigenvalue weighted by atomic mass is 32.1. The summed E-state index contributed by atoms with van der Waals surface area (Å²) >= 11 is 1.73. The highest BCUT2D eigenvalue weighted by Gasteiger charge is 2.26. The number of benzene rings is 1. The van der Waals surface area contributed by atoms with Gasteiger partial charge < -0.3 is 0 Å². The van der Waals surface area contributed by atoms with Crippen molar-refractivity contribution in [3.63, 3.8) is 0 Å². The van der Waals surface area contributed by atoms with Gasteiger partial charge in [0, 0.05) is 16.9 Å². The zero-order valence-electron chi connectivity index (χ0n) is 16.2. The number of thiophene rings is 1. The summed E-state index contributed by atoms with van der Waals surface area (Å²) in [7, 11) is 0. The van der Waals surface area contributed by atoms with Crippen LogP contribution in [0, 0.1) is 11.8 Å². The molecule has 1 saturated carbocycles. The number of fused-ring (bicyclic) bond motifs is 1. The van der Waals surface area contributed by atoms with E-state index in [2.05, 4.69) is 43.5 Å². The average Bonchev–Trinajstić information content (AvgIpc) is 3.26. The topological polar surface area (TPSA) is 30.0 Å². The Morgan fingerprint density at radius 3 is 2.59 bits per heavy atom. The van der Waals surface area contributed by atoms with Crippen molar-refractivity contribution >= 4 is 28.0 Å². The van der Waals surface area contributed by atoms with Crippen molar-refractivity contribution in [3.05, 3.63) is 52.9 Å². The van der Waals surface area contributed by atoms with E-state index < -0.39 is 0 Å². The van der Waals surface area contributed by atoms with Crippen LogP contribution in [0.5, 0.6) is 0 Å². The van der Waals surface area contributed by atoms with Crippen molar-refractivity contribution in [2.45, 2.75) is 52.4 Å². The Bertz CT molecular complexity index is 936. The van der Waals surface area contributed by atoms with Crippen LogP contribution in [-0.2, 0) is 6.42 Å². The van der Waals surface area contributed by atoms with Gasteiger partial charge in [-0.15, -0.1) is 11.3 Å². The summed E-state index contributed by atoms with van der Waals surface area (Å²) in [5, 5.41) is 3.18. The molecule has 0 N–H and O–H groups in total. The Morgan fingerprint density at radius 1 is 1.11 bits per heavy atom. The monoisotopic (exact) mass is 377 g/mol. The number of rotatable bonds is 5. The van der Waals surface area contributed by atoms with Gasteiger partial charge in [0.15, 0.2) is 5.78 Å². The van der Waals surface area contributed by atoms with E-state index in [1.54, 1.807) is 11.3 Å². The zero-order chi connectivity index (χ0) is 18.8. The van der Waals surface area contributed by atoms with E-state index in [4.69, 9.17) is 4.98 Å². The molecule has 1 aliphatic carbocycles. The highest BCUT2D eigenvalue weighted by Crippen LogP contribution is 2.34. The second kappa shape index (κ2) is 7.93. The predicted octanol–water partition coefficient (Wildman–Crippen LogP) is 6.92. The number of hydrogen-bond donors (Lipinski definition) is 0. The van der Waals surface area contributed by atoms with Gasteiger partial charge in [-0.2, -0.15) is 0 Å². The number of Topliss-reactive ketones (excluding diaryl/α,β-unsaturated/α-hetero) is 1. The van der Waals surface area contributed by atoms with Gasteiger partial charge in [0.2, 0.25) is 0 Å². The summed E-state index contributed by atoms with van der Waals surface area (Å²) in [6.45, 7) is 4.43. The molecule has 4 rings (SSSR count). The van der Waals surface area contributed by atoms with E-state index in [9.17, 15) is 4.79 Å². The van der Waals surface area contributed by atoms with Gasteiger partial charge in [-0.25, -0.2) is 4.98 Å². The third kappa shape index (κ3) is 3.70. The lowest BCUT2D eigenvalue weighted by atomic mass is 9.77. The lowest BCUT2D eigenvalue weighted by molar-refractivity contribution is 0.0871. The Labute approximate surface area is 165 Å². The number of ketones is 1. The summed E-state index contributed by atoms with van der Waals surface area (Å²) in [6.07, 6.45) is 6.68. The molecule has 140 valence electrons. The first kappa shape index (κ1) is 18.4. The Morgan fingerprint density at radius 2 is 1.93 bits per heavy atom. The van der Waals surface area contributed by atoms with Gasteiger partial charge in [0.25, 0.3) is 0 Å². The lowest BCUT2D eigenvalue weighted by Crippen LogP contribution is -2.21. The zero-order valence-corrected chi connectivity index (χ0v) is 17.0. The molecular weight excluding hydrogens is 350 g/mol. The van der Waals surface area contributed by atoms with Gasteiger partial charge >= 0.3 is 0 Å². The normalized spacial score (nSPS) is 20.1. The number of nitrogens with zero attached hydrogens (tertiary/aromatic N) is 1. The summed E-state index contributed by atoms with van der Waals surface area (Å²) in [4.78, 5) is 19.2. The third-order valence-corrected chi connectivity index (χ3v) is 6.99. The van der Waals surface area contributed by atoms with Crippen LogP contribution >= 0.6 is 11.3 Å². The Kier molecular flexibility index (Phi) is 5.40. The number of aryl methyl sites for hydroxylation is 1. The third-order valence-electron chi connectivity index (χ3n) is 6.11. The number of aromatic nitrogens is 1. The van der Waals surface area contributed by atoms with E-state index in [1.807, 2.05) is 12.1 Å². The van der Waals surface area contributed by atoms with Crippen LogP contribution in [0.3, 0.4) is 0 Å². The summed E-state index contributed by atoms with van der Waals surface area (Å²) < 4.78 is 0. The molecule has 0 unspecified atom stereocenters. The minimum atomic E-state index is 0.203. The van der Waals surface area contributed by atoms with Gasteiger partial charge in [-0.1, -0.05) is 26.3 Å². The molecule has 1 fully saturated rings. The van der Waals surface area contributed by atoms with Crippen molar-refractivity contribution in [1.29, 1.82) is 0 Å². The maximum Gasteiger partial charge on any atom is 0.165 e. The first-order chi connectivity index (χ1) is 13.2. The fourth-order valence-electron chi connectivity index (χ4n) is 4.34. The summed E-state index contributed by atoms with van der Waals surface area (Å²) in [6, 6.07) is 12.5. The van der Waals surface area contributed by atoms with Crippen molar-refractivity contribution in [2.24, 2.45) is 11.8 Å². The molecule has 27 heavy (non-hydrogen) atoms. The maximum atomic E-state index is 13.0. The van der Waals surface area contributed by atoms with Crippen molar-refractivity contribution in [3.8, 4) is 10.6 Å². The SMILES string of the molecule is CCc1cc2cc(C(=O)C3CCC(CC)CC3)ccc2nc1-c1cccs1. The number of carbonyl (C=O) groups excluding carboxylic acids is 1. The summed E-state index contributed by atoms with van der Waals surface area (Å²) in [5.41, 5.74) is 4.16. The second-order valence-electron chi connectivity index (χ2n) is 7.72. The minimum Gasteiger partial charge on any atom is -0.294 e. The summed E-state index contributed by atoms with van der Waals surface area (Å²) in [5.74, 6) is 1.35. The number of carbonyl (C=O) groups is 1. The number of pyridine rings is 1. The minimum absolute atomic E-state index is 0.203. The molecule has 2 heterocycles. The molecule has 0 atom stereocenters. The van der Waals surface area contributed by atoms with Crippen LogP contribution in [0.4, 0.5) is 0 Å². The van der Waals surface area contributed by atoms with Crippen molar-refractivity contribution < 1.29 is 4.79 Å². The molecule has 0 saturated heterocycles. The molecule has 3 aromatic rings.